The van der Waals surface area contributed by atoms with E-state index >= 15 is 0 Å². The number of rotatable bonds is 6. The van der Waals surface area contributed by atoms with E-state index in [1.807, 2.05) is 31.2 Å². The van der Waals surface area contributed by atoms with E-state index in [2.05, 4.69) is 15.5 Å². The summed E-state index contributed by atoms with van der Waals surface area (Å²) in [5.74, 6) is 0. The minimum atomic E-state index is -0.149. The molecule has 0 unspecified atom stereocenters. The third kappa shape index (κ3) is 6.01. The molecule has 2 rings (SSSR count). The smallest absolute Gasteiger partial charge is 0.315 e. The van der Waals surface area contributed by atoms with E-state index < -0.39 is 0 Å². The van der Waals surface area contributed by atoms with Crippen molar-refractivity contribution in [1.82, 2.24) is 15.5 Å². The molecule has 5 nitrogen and oxygen atoms in total. The summed E-state index contributed by atoms with van der Waals surface area (Å²) < 4.78 is 5.36. The second-order valence-corrected chi connectivity index (χ2v) is 6.39. The van der Waals surface area contributed by atoms with Crippen molar-refractivity contribution in [2.24, 2.45) is 0 Å². The zero-order chi connectivity index (χ0) is 16.7. The third-order valence-corrected chi connectivity index (χ3v) is 4.51. The lowest BCUT2D eigenvalue weighted by molar-refractivity contribution is 0.0416. The Balaban J connectivity index is 1.65. The zero-order valence-electron chi connectivity index (χ0n) is 13.8. The van der Waals surface area contributed by atoms with E-state index in [0.29, 0.717) is 17.7 Å². The first-order chi connectivity index (χ1) is 11.1. The van der Waals surface area contributed by atoms with Crippen LogP contribution in [0.15, 0.2) is 24.3 Å². The summed E-state index contributed by atoms with van der Waals surface area (Å²) in [6.45, 7) is 5.52. The van der Waals surface area contributed by atoms with Crippen LogP contribution < -0.4 is 10.6 Å². The minimum Gasteiger partial charge on any atom is -0.381 e. The first kappa shape index (κ1) is 18.0. The topological polar surface area (TPSA) is 53.6 Å². The first-order valence-electron chi connectivity index (χ1n) is 8.13. The number of nitrogens with zero attached hydrogens (tertiary/aromatic N) is 1. The van der Waals surface area contributed by atoms with Crippen LogP contribution in [0.3, 0.4) is 0 Å². The molecule has 2 N–H and O–H groups in total. The second-order valence-electron chi connectivity index (χ2n) is 5.95. The van der Waals surface area contributed by atoms with Crippen molar-refractivity contribution in [3.63, 3.8) is 0 Å². The molecule has 1 aliphatic rings. The maximum Gasteiger partial charge on any atom is 0.315 e. The molecule has 1 saturated heterocycles. The summed E-state index contributed by atoms with van der Waals surface area (Å²) in [5, 5.41) is 6.52. The number of amides is 2. The molecule has 0 bridgehead atoms. The molecular weight excluding hydrogens is 314 g/mol. The van der Waals surface area contributed by atoms with Crippen LogP contribution in [0.4, 0.5) is 4.79 Å². The average molecular weight is 340 g/mol. The molecule has 2 amide bonds. The van der Waals surface area contributed by atoms with Gasteiger partial charge in [0.25, 0.3) is 0 Å². The highest BCUT2D eigenvalue weighted by molar-refractivity contribution is 6.30. The Hall–Kier alpha value is -1.30. The van der Waals surface area contributed by atoms with Gasteiger partial charge in [0, 0.05) is 38.3 Å². The molecule has 1 aliphatic heterocycles. The molecule has 128 valence electrons. The number of halogens is 1. The van der Waals surface area contributed by atoms with Gasteiger partial charge in [-0.05, 0) is 37.5 Å². The minimum absolute atomic E-state index is 0.0776. The SMILES string of the molecule is COC1CCN(CCNC(=O)N[C@H](C)c2cccc(Cl)c2)CC1. The summed E-state index contributed by atoms with van der Waals surface area (Å²) in [4.78, 5) is 14.3. The van der Waals surface area contributed by atoms with E-state index in [9.17, 15) is 4.79 Å². The van der Waals surface area contributed by atoms with Crippen LogP contribution in [0, 0.1) is 0 Å². The number of benzene rings is 1. The van der Waals surface area contributed by atoms with Gasteiger partial charge >= 0.3 is 6.03 Å². The van der Waals surface area contributed by atoms with E-state index in [1.54, 1.807) is 7.11 Å². The summed E-state index contributed by atoms with van der Waals surface area (Å²) in [6, 6.07) is 7.31. The maximum atomic E-state index is 12.0. The summed E-state index contributed by atoms with van der Waals surface area (Å²) in [7, 11) is 1.77. The van der Waals surface area contributed by atoms with Crippen LogP contribution in [0.1, 0.15) is 31.4 Å². The number of piperidine rings is 1. The molecule has 0 spiro atoms. The standard InChI is InChI=1S/C17H26ClN3O2/c1-13(14-4-3-5-15(18)12-14)20-17(22)19-8-11-21-9-6-16(23-2)7-10-21/h3-5,12-13,16H,6-11H2,1-2H3,(H2,19,20,22)/t13-/m1/s1. The number of hydrogen-bond acceptors (Lipinski definition) is 3. The predicted octanol–water partition coefficient (Wildman–Crippen LogP) is 2.81. The fourth-order valence-electron chi connectivity index (χ4n) is 2.80. The van der Waals surface area contributed by atoms with Gasteiger partial charge in [-0.15, -0.1) is 0 Å². The number of ether oxygens (including phenoxy) is 1. The third-order valence-electron chi connectivity index (χ3n) is 4.28. The summed E-state index contributed by atoms with van der Waals surface area (Å²) >= 11 is 5.97. The fourth-order valence-corrected chi connectivity index (χ4v) is 3.00. The number of urea groups is 1. The Morgan fingerprint density at radius 3 is 2.83 bits per heavy atom. The van der Waals surface area contributed by atoms with Crippen molar-refractivity contribution in [2.45, 2.75) is 31.9 Å². The van der Waals surface area contributed by atoms with Gasteiger partial charge < -0.3 is 20.3 Å². The van der Waals surface area contributed by atoms with Crippen molar-refractivity contribution >= 4 is 17.6 Å². The van der Waals surface area contributed by atoms with Crippen molar-refractivity contribution < 1.29 is 9.53 Å². The van der Waals surface area contributed by atoms with Gasteiger partial charge in [0.15, 0.2) is 0 Å². The van der Waals surface area contributed by atoms with Gasteiger partial charge in [-0.2, -0.15) is 0 Å². The van der Waals surface area contributed by atoms with Crippen molar-refractivity contribution in [3.8, 4) is 0 Å². The number of methoxy groups -OCH3 is 1. The van der Waals surface area contributed by atoms with Gasteiger partial charge in [0.05, 0.1) is 12.1 Å². The van der Waals surface area contributed by atoms with Gasteiger partial charge in [-0.1, -0.05) is 23.7 Å². The van der Waals surface area contributed by atoms with Crippen LogP contribution in [-0.4, -0.2) is 50.3 Å². The summed E-state index contributed by atoms with van der Waals surface area (Å²) in [6.07, 6.45) is 2.52. The Bertz CT molecular complexity index is 504. The lowest BCUT2D eigenvalue weighted by Gasteiger charge is -2.31. The lowest BCUT2D eigenvalue weighted by atomic mass is 10.1. The number of nitrogens with one attached hydrogen (secondary N) is 2. The highest BCUT2D eigenvalue weighted by Crippen LogP contribution is 2.17. The number of likely N-dealkylation sites (tertiary alicyclic amines) is 1. The van der Waals surface area contributed by atoms with Gasteiger partial charge in [0.1, 0.15) is 0 Å². The highest BCUT2D eigenvalue weighted by atomic mass is 35.5. The Kier molecular flexibility index (Phi) is 7.15. The van der Waals surface area contributed by atoms with E-state index in [-0.39, 0.29) is 12.1 Å². The van der Waals surface area contributed by atoms with Gasteiger partial charge in [-0.3, -0.25) is 0 Å². The molecule has 1 atom stereocenters. The van der Waals surface area contributed by atoms with Crippen LogP contribution in [0.2, 0.25) is 5.02 Å². The highest BCUT2D eigenvalue weighted by Gasteiger charge is 2.18. The molecule has 1 aromatic rings. The number of hydrogen-bond donors (Lipinski definition) is 2. The molecule has 0 aliphatic carbocycles. The van der Waals surface area contributed by atoms with Crippen molar-refractivity contribution in [3.05, 3.63) is 34.9 Å². The molecule has 23 heavy (non-hydrogen) atoms. The quantitative estimate of drug-likeness (QED) is 0.838. The van der Waals surface area contributed by atoms with E-state index in [1.165, 1.54) is 0 Å². The molecule has 0 saturated carbocycles. The zero-order valence-corrected chi connectivity index (χ0v) is 14.6. The largest absolute Gasteiger partial charge is 0.381 e. The Morgan fingerprint density at radius 1 is 1.43 bits per heavy atom. The first-order valence-corrected chi connectivity index (χ1v) is 8.51. The van der Waals surface area contributed by atoms with Crippen LogP contribution in [0.5, 0.6) is 0 Å². The molecule has 1 aromatic carbocycles. The second kappa shape index (κ2) is 9.11. The monoisotopic (exact) mass is 339 g/mol. The van der Waals surface area contributed by atoms with Crippen LogP contribution >= 0.6 is 11.6 Å². The lowest BCUT2D eigenvalue weighted by Crippen LogP contribution is -2.44. The van der Waals surface area contributed by atoms with Crippen molar-refractivity contribution in [1.29, 1.82) is 0 Å². The number of carbonyl (C=O) groups excluding carboxylic acids is 1. The van der Waals surface area contributed by atoms with Crippen LogP contribution in [-0.2, 0) is 4.74 Å². The maximum absolute atomic E-state index is 12.0. The number of carbonyl (C=O) groups is 1. The fraction of sp³-hybridized carbons (Fsp3) is 0.588. The van der Waals surface area contributed by atoms with Gasteiger partial charge in [0.2, 0.25) is 0 Å². The molecule has 6 heteroatoms. The molecule has 1 fully saturated rings. The molecule has 0 radical (unpaired) electrons. The normalized spacial score (nSPS) is 17.7. The van der Waals surface area contributed by atoms with Crippen LogP contribution in [0.25, 0.3) is 0 Å². The Morgan fingerprint density at radius 2 is 2.17 bits per heavy atom. The molecular formula is C17H26ClN3O2. The van der Waals surface area contributed by atoms with E-state index in [0.717, 1.165) is 38.0 Å². The molecule has 1 heterocycles. The van der Waals surface area contributed by atoms with E-state index in [4.69, 9.17) is 16.3 Å². The molecule has 0 aromatic heterocycles. The predicted molar refractivity (Wildman–Crippen MR) is 92.9 cm³/mol. The summed E-state index contributed by atoms with van der Waals surface area (Å²) in [5.41, 5.74) is 0.995. The average Bonchev–Trinajstić information content (AvgIpc) is 2.55. The van der Waals surface area contributed by atoms with Crippen molar-refractivity contribution in [2.75, 3.05) is 33.3 Å². The Labute approximate surface area is 143 Å². The van der Waals surface area contributed by atoms with Gasteiger partial charge in [-0.25, -0.2) is 4.79 Å².